The zero-order chi connectivity index (χ0) is 8.97. The number of halogens is 1. The van der Waals surface area contributed by atoms with Gasteiger partial charge in [-0.15, -0.1) is 0 Å². The average molecular weight is 171 g/mol. The molecule has 0 atom stereocenters. The Kier molecular flexibility index (Phi) is 3.01. The van der Waals surface area contributed by atoms with Gasteiger partial charge in [0.25, 0.3) is 0 Å². The van der Waals surface area contributed by atoms with Crippen molar-refractivity contribution in [3.8, 4) is 0 Å². The average Bonchev–Trinajstić information content (AvgIpc) is 2.07. The van der Waals surface area contributed by atoms with Gasteiger partial charge in [-0.2, -0.15) is 9.38 Å². The molecule has 0 amide bonds. The first-order chi connectivity index (χ1) is 5.77. The second kappa shape index (κ2) is 4.04. The van der Waals surface area contributed by atoms with Gasteiger partial charge >= 0.3 is 6.42 Å². The van der Waals surface area contributed by atoms with E-state index in [0.717, 1.165) is 13.1 Å². The Labute approximate surface area is 71.2 Å². The third kappa shape index (κ3) is 1.93. The first-order valence-corrected chi connectivity index (χ1v) is 3.93. The van der Waals surface area contributed by atoms with E-state index in [2.05, 4.69) is 15.3 Å². The SMILES string of the molecule is CCN(CC)C1=N[C](F)NC=N1. The van der Waals surface area contributed by atoms with E-state index < -0.39 is 6.42 Å². The fourth-order valence-corrected chi connectivity index (χ4v) is 0.951. The van der Waals surface area contributed by atoms with E-state index in [1.165, 1.54) is 6.34 Å². The van der Waals surface area contributed by atoms with E-state index in [9.17, 15) is 4.39 Å². The number of rotatable bonds is 2. The van der Waals surface area contributed by atoms with Crippen LogP contribution >= 0.6 is 0 Å². The molecule has 1 heterocycles. The molecule has 1 aliphatic rings. The van der Waals surface area contributed by atoms with Crippen LogP contribution in [0.4, 0.5) is 4.39 Å². The molecule has 4 nitrogen and oxygen atoms in total. The lowest BCUT2D eigenvalue weighted by atomic mass is 10.5. The van der Waals surface area contributed by atoms with E-state index in [-0.39, 0.29) is 0 Å². The molecule has 1 N–H and O–H groups in total. The smallest absolute Gasteiger partial charge is 0.341 e. The van der Waals surface area contributed by atoms with Crippen molar-refractivity contribution < 1.29 is 4.39 Å². The van der Waals surface area contributed by atoms with E-state index in [4.69, 9.17) is 0 Å². The van der Waals surface area contributed by atoms with Gasteiger partial charge in [0.1, 0.15) is 0 Å². The fourth-order valence-electron chi connectivity index (χ4n) is 0.951. The van der Waals surface area contributed by atoms with Gasteiger partial charge in [0.05, 0.1) is 6.34 Å². The standard InChI is InChI=1S/C7H12FN4/c1-3-12(4-2)7-10-5-9-6(8)11-7/h5H,3-4H2,1-2H3,(H,9,10,11). The Morgan fingerprint density at radius 2 is 2.17 bits per heavy atom. The summed E-state index contributed by atoms with van der Waals surface area (Å²) < 4.78 is 12.6. The lowest BCUT2D eigenvalue weighted by molar-refractivity contribution is 0.424. The third-order valence-electron chi connectivity index (χ3n) is 1.61. The second-order valence-corrected chi connectivity index (χ2v) is 2.28. The molecule has 0 aromatic rings. The lowest BCUT2D eigenvalue weighted by Gasteiger charge is -2.21. The zero-order valence-corrected chi connectivity index (χ0v) is 7.21. The van der Waals surface area contributed by atoms with Crippen LogP contribution < -0.4 is 5.32 Å². The molecule has 0 bridgehead atoms. The Hall–Kier alpha value is -1.13. The Morgan fingerprint density at radius 1 is 1.50 bits per heavy atom. The topological polar surface area (TPSA) is 40.0 Å². The number of nitrogens with one attached hydrogen (secondary N) is 1. The van der Waals surface area contributed by atoms with Gasteiger partial charge in [0.15, 0.2) is 0 Å². The van der Waals surface area contributed by atoms with Crippen LogP contribution in [0.5, 0.6) is 0 Å². The molecule has 0 aromatic carbocycles. The van der Waals surface area contributed by atoms with Gasteiger partial charge in [0, 0.05) is 13.1 Å². The fraction of sp³-hybridized carbons (Fsp3) is 0.571. The number of guanidine groups is 1. The predicted molar refractivity (Wildman–Crippen MR) is 46.3 cm³/mol. The molecular weight excluding hydrogens is 159 g/mol. The first-order valence-electron chi connectivity index (χ1n) is 3.93. The van der Waals surface area contributed by atoms with Gasteiger partial charge in [-0.05, 0) is 13.8 Å². The van der Waals surface area contributed by atoms with Crippen molar-refractivity contribution in [2.24, 2.45) is 9.98 Å². The number of nitrogens with zero attached hydrogens (tertiary/aromatic N) is 3. The molecule has 0 spiro atoms. The van der Waals surface area contributed by atoms with E-state index in [0.29, 0.717) is 5.96 Å². The van der Waals surface area contributed by atoms with Gasteiger partial charge in [-0.25, -0.2) is 4.99 Å². The molecule has 12 heavy (non-hydrogen) atoms. The van der Waals surface area contributed by atoms with E-state index in [1.54, 1.807) is 0 Å². The minimum absolute atomic E-state index is 0.427. The maximum absolute atomic E-state index is 12.6. The van der Waals surface area contributed by atoms with Crippen molar-refractivity contribution in [3.05, 3.63) is 6.42 Å². The quantitative estimate of drug-likeness (QED) is 0.622. The molecule has 67 valence electrons. The Balaban J connectivity index is 2.65. The summed E-state index contributed by atoms with van der Waals surface area (Å²) in [4.78, 5) is 9.38. The minimum Gasteiger partial charge on any atom is -0.341 e. The van der Waals surface area contributed by atoms with Crippen LogP contribution in [0.1, 0.15) is 13.8 Å². The minimum atomic E-state index is -0.605. The first kappa shape index (κ1) is 8.96. The Bertz CT molecular complexity index is 198. The summed E-state index contributed by atoms with van der Waals surface area (Å²) in [7, 11) is 0. The van der Waals surface area contributed by atoms with Crippen molar-refractivity contribution in [1.82, 2.24) is 10.2 Å². The van der Waals surface area contributed by atoms with Crippen LogP contribution in [0.15, 0.2) is 9.98 Å². The highest BCUT2D eigenvalue weighted by Crippen LogP contribution is 2.05. The van der Waals surface area contributed by atoms with Gasteiger partial charge in [-0.3, -0.25) is 0 Å². The Morgan fingerprint density at radius 3 is 2.67 bits per heavy atom. The molecule has 0 saturated carbocycles. The largest absolute Gasteiger partial charge is 0.354 e. The van der Waals surface area contributed by atoms with Gasteiger partial charge in [0.2, 0.25) is 5.96 Å². The molecule has 0 saturated heterocycles. The molecular formula is C7H12FN4. The van der Waals surface area contributed by atoms with Crippen molar-refractivity contribution >= 4 is 12.3 Å². The monoisotopic (exact) mass is 171 g/mol. The number of hydrogen-bond acceptors (Lipinski definition) is 4. The molecule has 0 aliphatic carbocycles. The molecule has 1 radical (unpaired) electrons. The third-order valence-corrected chi connectivity index (χ3v) is 1.61. The lowest BCUT2D eigenvalue weighted by Crippen LogP contribution is -2.33. The predicted octanol–water partition coefficient (Wildman–Crippen LogP) is 0.732. The summed E-state index contributed by atoms with van der Waals surface area (Å²) in [6.07, 6.45) is 0.697. The molecule has 0 aromatic heterocycles. The molecule has 0 unspecified atom stereocenters. The normalized spacial score (nSPS) is 17.1. The second-order valence-electron chi connectivity index (χ2n) is 2.28. The molecule has 1 rings (SSSR count). The van der Waals surface area contributed by atoms with Crippen LogP contribution in [0.2, 0.25) is 0 Å². The molecule has 1 aliphatic heterocycles. The van der Waals surface area contributed by atoms with Crippen molar-refractivity contribution in [1.29, 1.82) is 0 Å². The van der Waals surface area contributed by atoms with Gasteiger partial charge in [-0.1, -0.05) is 0 Å². The van der Waals surface area contributed by atoms with Crippen LogP contribution in [0.3, 0.4) is 0 Å². The number of hydrogen-bond donors (Lipinski definition) is 1. The van der Waals surface area contributed by atoms with Crippen LogP contribution in [0, 0.1) is 6.42 Å². The van der Waals surface area contributed by atoms with Crippen molar-refractivity contribution in [3.63, 3.8) is 0 Å². The van der Waals surface area contributed by atoms with Gasteiger partial charge < -0.3 is 10.2 Å². The highest BCUT2D eigenvalue weighted by atomic mass is 19.1. The van der Waals surface area contributed by atoms with Crippen LogP contribution in [-0.4, -0.2) is 30.3 Å². The van der Waals surface area contributed by atoms with Crippen LogP contribution in [0.25, 0.3) is 0 Å². The summed E-state index contributed by atoms with van der Waals surface area (Å²) >= 11 is 0. The summed E-state index contributed by atoms with van der Waals surface area (Å²) in [5, 5.41) is 2.26. The summed E-state index contributed by atoms with van der Waals surface area (Å²) in [6.45, 7) is 5.50. The maximum Gasteiger partial charge on any atom is 0.354 e. The molecule has 5 heteroatoms. The summed E-state index contributed by atoms with van der Waals surface area (Å²) in [5.41, 5.74) is 0. The zero-order valence-electron chi connectivity index (χ0n) is 7.21. The van der Waals surface area contributed by atoms with Crippen molar-refractivity contribution in [2.75, 3.05) is 13.1 Å². The van der Waals surface area contributed by atoms with Crippen LogP contribution in [-0.2, 0) is 0 Å². The molecule has 0 fully saturated rings. The highest BCUT2D eigenvalue weighted by molar-refractivity contribution is 5.89. The maximum atomic E-state index is 12.6. The summed E-state index contributed by atoms with van der Waals surface area (Å²) in [6, 6.07) is 0. The number of aliphatic imine (C=N–C) groups is 2. The highest BCUT2D eigenvalue weighted by Gasteiger charge is 2.14. The van der Waals surface area contributed by atoms with E-state index in [1.807, 2.05) is 18.7 Å². The van der Waals surface area contributed by atoms with Crippen molar-refractivity contribution in [2.45, 2.75) is 13.8 Å². The van der Waals surface area contributed by atoms with E-state index >= 15 is 0 Å². The summed E-state index contributed by atoms with van der Waals surface area (Å²) in [5.74, 6) is 0.427.